The maximum Gasteiger partial charge on any atom is 0.490 e. The number of aromatic nitrogens is 2. The van der Waals surface area contributed by atoms with Crippen LogP contribution in [0.1, 0.15) is 18.4 Å². The molecule has 2 N–H and O–H groups in total. The third-order valence-corrected chi connectivity index (χ3v) is 1.77. The molecule has 0 aliphatic rings. The van der Waals surface area contributed by atoms with Gasteiger partial charge in [-0.1, -0.05) is 0 Å². The molecule has 0 radical (unpaired) electrons. The lowest BCUT2D eigenvalue weighted by Crippen LogP contribution is -2.26. The van der Waals surface area contributed by atoms with Gasteiger partial charge in [-0.25, -0.2) is 9.55 Å². The Morgan fingerprint density at radius 1 is 1.57 bits per heavy atom. The Labute approximate surface area is 79.7 Å². The number of alkyl halides is 3. The SMILES string of the molecule is Cc1cnc(CC(C)N)n1C(F)(F)F. The molecule has 6 heteroatoms. The first-order chi connectivity index (χ1) is 6.32. The molecule has 0 amide bonds. The summed E-state index contributed by atoms with van der Waals surface area (Å²) in [7, 11) is 0. The second-order valence-electron chi connectivity index (χ2n) is 3.30. The molecule has 0 saturated carbocycles. The molecule has 0 aliphatic carbocycles. The van der Waals surface area contributed by atoms with Gasteiger partial charge in [-0.2, -0.15) is 0 Å². The molecule has 1 unspecified atom stereocenters. The van der Waals surface area contributed by atoms with Gasteiger partial charge in [0.25, 0.3) is 0 Å². The lowest BCUT2D eigenvalue weighted by Gasteiger charge is -2.14. The minimum Gasteiger partial charge on any atom is -0.328 e. The third-order valence-electron chi connectivity index (χ3n) is 1.77. The van der Waals surface area contributed by atoms with E-state index in [-0.39, 0.29) is 28.5 Å². The summed E-state index contributed by atoms with van der Waals surface area (Å²) in [5.74, 6) is -0.0370. The molecule has 0 aliphatic heterocycles. The van der Waals surface area contributed by atoms with Crippen molar-refractivity contribution in [1.82, 2.24) is 9.55 Å². The van der Waals surface area contributed by atoms with Gasteiger partial charge in [-0.3, -0.25) is 0 Å². The molecule has 1 aromatic rings. The Morgan fingerprint density at radius 3 is 2.57 bits per heavy atom. The Balaban J connectivity index is 3.07. The van der Waals surface area contributed by atoms with Gasteiger partial charge >= 0.3 is 6.30 Å². The van der Waals surface area contributed by atoms with E-state index in [0.717, 1.165) is 0 Å². The maximum absolute atomic E-state index is 12.5. The minimum absolute atomic E-state index is 0.0370. The number of hydrogen-bond donors (Lipinski definition) is 1. The average Bonchev–Trinajstić information content (AvgIpc) is 2.28. The molecule has 0 bridgehead atoms. The van der Waals surface area contributed by atoms with E-state index in [1.54, 1.807) is 6.92 Å². The van der Waals surface area contributed by atoms with E-state index in [1.165, 1.54) is 13.1 Å². The van der Waals surface area contributed by atoms with Crippen LogP contribution in [0.15, 0.2) is 6.20 Å². The van der Waals surface area contributed by atoms with Crippen LogP contribution < -0.4 is 5.73 Å². The van der Waals surface area contributed by atoms with Gasteiger partial charge < -0.3 is 5.73 Å². The van der Waals surface area contributed by atoms with Gasteiger partial charge in [-0.05, 0) is 13.8 Å². The van der Waals surface area contributed by atoms with Crippen LogP contribution in [0.5, 0.6) is 0 Å². The number of nitrogens with zero attached hydrogens (tertiary/aromatic N) is 2. The standard InChI is InChI=1S/C8H12F3N3/c1-5(12)3-7-13-4-6(2)14(7)8(9,10)11/h4-5H,3,12H2,1-2H3. The van der Waals surface area contributed by atoms with Crippen LogP contribution in [0.25, 0.3) is 0 Å². The van der Waals surface area contributed by atoms with E-state index in [9.17, 15) is 13.2 Å². The molecular weight excluding hydrogens is 195 g/mol. The molecule has 0 saturated heterocycles. The Bertz CT molecular complexity index is 314. The molecule has 14 heavy (non-hydrogen) atoms. The summed E-state index contributed by atoms with van der Waals surface area (Å²) in [5.41, 5.74) is 5.50. The highest BCUT2D eigenvalue weighted by Gasteiger charge is 2.34. The van der Waals surface area contributed by atoms with Crippen molar-refractivity contribution in [2.45, 2.75) is 32.6 Å². The van der Waals surface area contributed by atoms with E-state index >= 15 is 0 Å². The first-order valence-electron chi connectivity index (χ1n) is 4.18. The quantitative estimate of drug-likeness (QED) is 0.799. The fraction of sp³-hybridized carbons (Fsp3) is 0.625. The molecule has 1 rings (SSSR count). The van der Waals surface area contributed by atoms with Gasteiger partial charge in [0.05, 0.1) is 0 Å². The number of imidazole rings is 1. The van der Waals surface area contributed by atoms with Gasteiger partial charge in [0.1, 0.15) is 5.82 Å². The maximum atomic E-state index is 12.5. The van der Waals surface area contributed by atoms with Gasteiger partial charge in [0, 0.05) is 24.4 Å². The topological polar surface area (TPSA) is 43.8 Å². The fourth-order valence-electron chi connectivity index (χ4n) is 1.27. The summed E-state index contributed by atoms with van der Waals surface area (Å²) in [6.45, 7) is 3.01. The molecular formula is C8H12F3N3. The molecule has 1 aromatic heterocycles. The van der Waals surface area contributed by atoms with Crippen LogP contribution in [0.4, 0.5) is 13.2 Å². The van der Waals surface area contributed by atoms with Gasteiger partial charge in [0.2, 0.25) is 0 Å². The highest BCUT2D eigenvalue weighted by Crippen LogP contribution is 2.26. The highest BCUT2D eigenvalue weighted by atomic mass is 19.4. The van der Waals surface area contributed by atoms with E-state index in [1.807, 2.05) is 0 Å². The average molecular weight is 207 g/mol. The fourth-order valence-corrected chi connectivity index (χ4v) is 1.27. The van der Waals surface area contributed by atoms with Crippen molar-refractivity contribution < 1.29 is 13.2 Å². The summed E-state index contributed by atoms with van der Waals surface area (Å²) in [5, 5.41) is 0. The summed E-state index contributed by atoms with van der Waals surface area (Å²) >= 11 is 0. The lowest BCUT2D eigenvalue weighted by molar-refractivity contribution is -0.206. The van der Waals surface area contributed by atoms with Crippen molar-refractivity contribution in [2.24, 2.45) is 5.73 Å². The van der Waals surface area contributed by atoms with Gasteiger partial charge in [0.15, 0.2) is 0 Å². The van der Waals surface area contributed by atoms with E-state index < -0.39 is 6.30 Å². The molecule has 0 aromatic carbocycles. The molecule has 1 heterocycles. The zero-order valence-electron chi connectivity index (χ0n) is 7.97. The first kappa shape index (κ1) is 11.0. The van der Waals surface area contributed by atoms with Crippen LogP contribution in [0.3, 0.4) is 0 Å². The van der Waals surface area contributed by atoms with Crippen molar-refractivity contribution in [3.05, 3.63) is 17.7 Å². The predicted molar refractivity (Wildman–Crippen MR) is 45.6 cm³/mol. The van der Waals surface area contributed by atoms with Crippen LogP contribution in [0.2, 0.25) is 0 Å². The number of aryl methyl sites for hydroxylation is 1. The van der Waals surface area contributed by atoms with Crippen LogP contribution in [0, 0.1) is 6.92 Å². The smallest absolute Gasteiger partial charge is 0.328 e. The van der Waals surface area contributed by atoms with E-state index in [2.05, 4.69) is 4.98 Å². The predicted octanol–water partition coefficient (Wildman–Crippen LogP) is 1.56. The Hall–Kier alpha value is -1.04. The zero-order valence-corrected chi connectivity index (χ0v) is 7.97. The van der Waals surface area contributed by atoms with Gasteiger partial charge in [-0.15, -0.1) is 13.2 Å². The Kier molecular flexibility index (Phi) is 2.84. The normalized spacial score (nSPS) is 14.4. The summed E-state index contributed by atoms with van der Waals surface area (Å²) in [6.07, 6.45) is -3.09. The van der Waals surface area contributed by atoms with Crippen LogP contribution >= 0.6 is 0 Å². The molecule has 80 valence electrons. The van der Waals surface area contributed by atoms with Crippen LogP contribution in [-0.4, -0.2) is 15.6 Å². The number of nitrogens with two attached hydrogens (primary N) is 1. The van der Waals surface area contributed by atoms with E-state index in [4.69, 9.17) is 5.73 Å². The first-order valence-corrected chi connectivity index (χ1v) is 4.18. The number of halogens is 3. The van der Waals surface area contributed by atoms with Crippen molar-refractivity contribution in [1.29, 1.82) is 0 Å². The molecule has 3 nitrogen and oxygen atoms in total. The monoisotopic (exact) mass is 207 g/mol. The van der Waals surface area contributed by atoms with E-state index in [0.29, 0.717) is 0 Å². The zero-order chi connectivity index (χ0) is 10.9. The largest absolute Gasteiger partial charge is 0.490 e. The third kappa shape index (κ3) is 2.25. The van der Waals surface area contributed by atoms with Crippen LogP contribution in [-0.2, 0) is 12.7 Å². The lowest BCUT2D eigenvalue weighted by atomic mass is 10.2. The second-order valence-corrected chi connectivity index (χ2v) is 3.30. The minimum atomic E-state index is -4.41. The summed E-state index contributed by atoms with van der Waals surface area (Å²) in [6, 6.07) is -0.335. The molecule has 1 atom stereocenters. The van der Waals surface area contributed by atoms with Crippen molar-refractivity contribution >= 4 is 0 Å². The number of rotatable bonds is 2. The summed E-state index contributed by atoms with van der Waals surface area (Å²) in [4.78, 5) is 3.69. The summed E-state index contributed by atoms with van der Waals surface area (Å²) < 4.78 is 37.7. The van der Waals surface area contributed by atoms with Crippen molar-refractivity contribution in [3.8, 4) is 0 Å². The van der Waals surface area contributed by atoms with Crippen molar-refractivity contribution in [3.63, 3.8) is 0 Å². The second kappa shape index (κ2) is 3.61. The molecule has 0 spiro atoms. The highest BCUT2D eigenvalue weighted by molar-refractivity contribution is 5.05. The Morgan fingerprint density at radius 2 is 2.14 bits per heavy atom. The number of hydrogen-bond acceptors (Lipinski definition) is 2. The van der Waals surface area contributed by atoms with Crippen molar-refractivity contribution in [2.75, 3.05) is 0 Å². The molecule has 0 fully saturated rings.